The topological polar surface area (TPSA) is 52.9 Å². The first-order chi connectivity index (χ1) is 9.69. The van der Waals surface area contributed by atoms with E-state index < -0.39 is 0 Å². The van der Waals surface area contributed by atoms with Gasteiger partial charge in [-0.25, -0.2) is 0 Å². The molecule has 2 aromatic carbocycles. The number of carbonyl (C=O) groups excluding carboxylic acids is 1. The third-order valence-electron chi connectivity index (χ3n) is 2.75. The van der Waals surface area contributed by atoms with Crippen LogP contribution in [0.2, 0.25) is 0 Å². The van der Waals surface area contributed by atoms with Crippen LogP contribution in [-0.4, -0.2) is 11.7 Å². The highest BCUT2D eigenvalue weighted by atomic mass is 32.2. The molecule has 0 aliphatic carbocycles. The molecule has 1 N–H and O–H groups in total. The van der Waals surface area contributed by atoms with E-state index in [0.717, 1.165) is 4.90 Å². The number of thioether (sulfide) groups is 1. The summed E-state index contributed by atoms with van der Waals surface area (Å²) in [4.78, 5) is 13.0. The number of amides is 1. The van der Waals surface area contributed by atoms with E-state index in [4.69, 9.17) is 5.26 Å². The second-order valence-corrected chi connectivity index (χ2v) is 5.31. The molecule has 0 saturated carbocycles. The molecule has 0 spiro atoms. The number of nitrogens with one attached hydrogen (secondary N) is 1. The van der Waals surface area contributed by atoms with Crippen LogP contribution in [0.4, 0.5) is 5.69 Å². The predicted octanol–water partition coefficient (Wildman–Crippen LogP) is 3.60. The molecule has 0 heterocycles. The van der Waals surface area contributed by atoms with Crippen molar-refractivity contribution in [3.63, 3.8) is 0 Å². The van der Waals surface area contributed by atoms with E-state index in [1.807, 2.05) is 37.3 Å². The van der Waals surface area contributed by atoms with Crippen LogP contribution in [0.15, 0.2) is 53.4 Å². The lowest BCUT2D eigenvalue weighted by atomic mass is 10.2. The molecule has 0 saturated heterocycles. The van der Waals surface area contributed by atoms with Crippen LogP contribution in [0.25, 0.3) is 0 Å². The van der Waals surface area contributed by atoms with Crippen LogP contribution in [0.5, 0.6) is 0 Å². The minimum Gasteiger partial charge on any atom is -0.325 e. The van der Waals surface area contributed by atoms with Crippen molar-refractivity contribution < 1.29 is 4.79 Å². The normalized spacial score (nSPS) is 9.80. The number of nitriles is 1. The molecular formula is C16H14N2OS. The standard InChI is InChI=1S/C16H14N2OS/c1-12-4-2-3-5-15(12)20-11-16(19)18-14-8-6-13(10-17)7-9-14/h2-9H,11H2,1H3,(H,18,19). The van der Waals surface area contributed by atoms with Crippen molar-refractivity contribution in [2.75, 3.05) is 11.1 Å². The average Bonchev–Trinajstić information content (AvgIpc) is 2.47. The largest absolute Gasteiger partial charge is 0.325 e. The van der Waals surface area contributed by atoms with E-state index in [-0.39, 0.29) is 5.91 Å². The van der Waals surface area contributed by atoms with Crippen molar-refractivity contribution >= 4 is 23.4 Å². The van der Waals surface area contributed by atoms with Gasteiger partial charge in [0.2, 0.25) is 5.91 Å². The molecule has 0 bridgehead atoms. The molecule has 0 fully saturated rings. The van der Waals surface area contributed by atoms with Gasteiger partial charge >= 0.3 is 0 Å². The lowest BCUT2D eigenvalue weighted by Crippen LogP contribution is -2.13. The maximum Gasteiger partial charge on any atom is 0.234 e. The molecular weight excluding hydrogens is 268 g/mol. The Morgan fingerprint density at radius 2 is 1.90 bits per heavy atom. The summed E-state index contributed by atoms with van der Waals surface area (Å²) in [5.41, 5.74) is 2.46. The molecule has 1 amide bonds. The minimum absolute atomic E-state index is 0.0528. The van der Waals surface area contributed by atoms with Crippen molar-refractivity contribution in [1.29, 1.82) is 5.26 Å². The number of nitrogens with zero attached hydrogens (tertiary/aromatic N) is 1. The highest BCUT2D eigenvalue weighted by molar-refractivity contribution is 8.00. The number of hydrogen-bond acceptors (Lipinski definition) is 3. The van der Waals surface area contributed by atoms with Crippen LogP contribution >= 0.6 is 11.8 Å². The van der Waals surface area contributed by atoms with E-state index >= 15 is 0 Å². The average molecular weight is 282 g/mol. The summed E-state index contributed by atoms with van der Waals surface area (Å²) in [6.45, 7) is 2.03. The summed E-state index contributed by atoms with van der Waals surface area (Å²) in [6.07, 6.45) is 0. The van der Waals surface area contributed by atoms with Gasteiger partial charge in [0.25, 0.3) is 0 Å². The number of carbonyl (C=O) groups is 1. The monoisotopic (exact) mass is 282 g/mol. The molecule has 0 atom stereocenters. The zero-order valence-corrected chi connectivity index (χ0v) is 11.9. The Bertz CT molecular complexity index is 644. The summed E-state index contributed by atoms with van der Waals surface area (Å²) in [7, 11) is 0. The Labute approximate surface area is 122 Å². The maximum atomic E-state index is 11.9. The summed E-state index contributed by atoms with van der Waals surface area (Å²) in [6, 6.07) is 16.9. The van der Waals surface area contributed by atoms with E-state index in [2.05, 4.69) is 5.32 Å². The van der Waals surface area contributed by atoms with Crippen molar-refractivity contribution in [2.45, 2.75) is 11.8 Å². The van der Waals surface area contributed by atoms with Gasteiger partial charge in [0, 0.05) is 10.6 Å². The number of hydrogen-bond donors (Lipinski definition) is 1. The Kier molecular flexibility index (Phi) is 4.80. The maximum absolute atomic E-state index is 11.9. The fraction of sp³-hybridized carbons (Fsp3) is 0.125. The van der Waals surface area contributed by atoms with E-state index in [0.29, 0.717) is 17.0 Å². The summed E-state index contributed by atoms with van der Waals surface area (Å²) in [5, 5.41) is 11.5. The second-order valence-electron chi connectivity index (χ2n) is 4.29. The van der Waals surface area contributed by atoms with Crippen molar-refractivity contribution in [2.24, 2.45) is 0 Å². The number of aryl methyl sites for hydroxylation is 1. The first-order valence-corrected chi connectivity index (χ1v) is 7.16. The SMILES string of the molecule is Cc1ccccc1SCC(=O)Nc1ccc(C#N)cc1. The molecule has 0 aromatic heterocycles. The molecule has 20 heavy (non-hydrogen) atoms. The number of anilines is 1. The predicted molar refractivity (Wildman–Crippen MR) is 81.7 cm³/mol. The Morgan fingerprint density at radius 1 is 1.20 bits per heavy atom. The zero-order chi connectivity index (χ0) is 14.4. The number of rotatable bonds is 4. The lowest BCUT2D eigenvalue weighted by Gasteiger charge is -2.06. The molecule has 0 aliphatic heterocycles. The van der Waals surface area contributed by atoms with Crippen LogP contribution < -0.4 is 5.32 Å². The van der Waals surface area contributed by atoms with Gasteiger partial charge in [-0.05, 0) is 42.8 Å². The van der Waals surface area contributed by atoms with Gasteiger partial charge in [0.15, 0.2) is 0 Å². The summed E-state index contributed by atoms with van der Waals surface area (Å²) < 4.78 is 0. The molecule has 0 unspecified atom stereocenters. The highest BCUT2D eigenvalue weighted by Crippen LogP contribution is 2.21. The van der Waals surface area contributed by atoms with E-state index in [9.17, 15) is 4.79 Å². The van der Waals surface area contributed by atoms with E-state index in [1.54, 1.807) is 24.3 Å². The highest BCUT2D eigenvalue weighted by Gasteiger charge is 2.05. The van der Waals surface area contributed by atoms with Gasteiger partial charge in [-0.1, -0.05) is 18.2 Å². The van der Waals surface area contributed by atoms with Crippen molar-refractivity contribution in [1.82, 2.24) is 0 Å². The van der Waals surface area contributed by atoms with Gasteiger partial charge in [0.05, 0.1) is 17.4 Å². The zero-order valence-electron chi connectivity index (χ0n) is 11.1. The molecule has 2 aromatic rings. The fourth-order valence-corrected chi connectivity index (χ4v) is 2.52. The van der Waals surface area contributed by atoms with Crippen LogP contribution in [0.3, 0.4) is 0 Å². The van der Waals surface area contributed by atoms with Crippen LogP contribution in [0.1, 0.15) is 11.1 Å². The van der Waals surface area contributed by atoms with Gasteiger partial charge in [-0.3, -0.25) is 4.79 Å². The number of benzene rings is 2. The Balaban J connectivity index is 1.89. The summed E-state index contributed by atoms with van der Waals surface area (Å²) in [5.74, 6) is 0.313. The quantitative estimate of drug-likeness (QED) is 0.872. The van der Waals surface area contributed by atoms with Gasteiger partial charge < -0.3 is 5.32 Å². The Morgan fingerprint density at radius 3 is 2.55 bits per heavy atom. The van der Waals surface area contributed by atoms with Crippen molar-refractivity contribution in [3.05, 3.63) is 59.7 Å². The van der Waals surface area contributed by atoms with Gasteiger partial charge in [-0.2, -0.15) is 5.26 Å². The van der Waals surface area contributed by atoms with Gasteiger partial charge in [0.1, 0.15) is 0 Å². The van der Waals surface area contributed by atoms with Crippen LogP contribution in [0, 0.1) is 18.3 Å². The molecule has 0 radical (unpaired) electrons. The smallest absolute Gasteiger partial charge is 0.234 e. The lowest BCUT2D eigenvalue weighted by molar-refractivity contribution is -0.113. The van der Waals surface area contributed by atoms with Crippen LogP contribution in [-0.2, 0) is 4.79 Å². The fourth-order valence-electron chi connectivity index (χ4n) is 1.69. The third kappa shape index (κ3) is 3.87. The molecule has 100 valence electrons. The molecule has 0 aliphatic rings. The second kappa shape index (κ2) is 6.78. The van der Waals surface area contributed by atoms with Gasteiger partial charge in [-0.15, -0.1) is 11.8 Å². The molecule has 4 heteroatoms. The van der Waals surface area contributed by atoms with Crippen molar-refractivity contribution in [3.8, 4) is 6.07 Å². The molecule has 3 nitrogen and oxygen atoms in total. The van der Waals surface area contributed by atoms with E-state index in [1.165, 1.54) is 17.3 Å². The summed E-state index contributed by atoms with van der Waals surface area (Å²) >= 11 is 1.52. The first-order valence-electron chi connectivity index (χ1n) is 6.17. The first kappa shape index (κ1) is 14.2. The minimum atomic E-state index is -0.0528. The third-order valence-corrected chi connectivity index (χ3v) is 3.93. The Hall–Kier alpha value is -2.25. The molecule has 2 rings (SSSR count).